The SMILES string of the molecule is Nc1ccc(Oc2ccc(C=O)cc2O)cc1. The van der Waals surface area contributed by atoms with Crippen LogP contribution in [0.3, 0.4) is 0 Å². The van der Waals surface area contributed by atoms with Crippen LogP contribution >= 0.6 is 0 Å². The van der Waals surface area contributed by atoms with Gasteiger partial charge < -0.3 is 15.6 Å². The van der Waals surface area contributed by atoms with Crippen LogP contribution in [-0.4, -0.2) is 11.4 Å². The molecule has 4 heteroatoms. The van der Waals surface area contributed by atoms with Gasteiger partial charge >= 0.3 is 0 Å². The number of carbonyl (C=O) groups is 1. The second-order valence-corrected chi connectivity index (χ2v) is 3.52. The third kappa shape index (κ3) is 2.55. The van der Waals surface area contributed by atoms with E-state index in [0.29, 0.717) is 29.0 Å². The van der Waals surface area contributed by atoms with E-state index >= 15 is 0 Å². The predicted octanol–water partition coefficient (Wildman–Crippen LogP) is 2.58. The maximum absolute atomic E-state index is 10.5. The molecule has 4 nitrogen and oxygen atoms in total. The van der Waals surface area contributed by atoms with E-state index in [2.05, 4.69) is 0 Å². The first-order chi connectivity index (χ1) is 8.19. The van der Waals surface area contributed by atoms with E-state index in [1.54, 1.807) is 30.3 Å². The van der Waals surface area contributed by atoms with Crippen molar-refractivity contribution in [3.05, 3.63) is 48.0 Å². The summed E-state index contributed by atoms with van der Waals surface area (Å²) in [4.78, 5) is 10.5. The molecule has 0 amide bonds. The summed E-state index contributed by atoms with van der Waals surface area (Å²) >= 11 is 0. The lowest BCUT2D eigenvalue weighted by atomic mass is 10.2. The third-order valence-corrected chi connectivity index (χ3v) is 2.23. The standard InChI is InChI=1S/C13H11NO3/c14-10-2-4-11(5-3-10)17-13-6-1-9(8-15)7-12(13)16/h1-8,16H,14H2. The molecule has 0 atom stereocenters. The quantitative estimate of drug-likeness (QED) is 0.626. The number of carbonyl (C=O) groups excluding carboxylic acids is 1. The molecule has 0 heterocycles. The molecule has 0 aliphatic carbocycles. The fourth-order valence-electron chi connectivity index (χ4n) is 1.36. The second kappa shape index (κ2) is 4.57. The summed E-state index contributed by atoms with van der Waals surface area (Å²) in [7, 11) is 0. The Balaban J connectivity index is 2.24. The van der Waals surface area contributed by atoms with Gasteiger partial charge in [0, 0.05) is 11.3 Å². The number of rotatable bonds is 3. The zero-order valence-electron chi connectivity index (χ0n) is 8.96. The average Bonchev–Trinajstić information content (AvgIpc) is 2.34. The van der Waals surface area contributed by atoms with Gasteiger partial charge in [-0.05, 0) is 42.5 Å². The number of phenolic OH excluding ortho intramolecular Hbond substituents is 1. The molecule has 2 aromatic rings. The van der Waals surface area contributed by atoms with Gasteiger partial charge in [-0.3, -0.25) is 4.79 Å². The summed E-state index contributed by atoms with van der Waals surface area (Å²) in [5.74, 6) is 0.778. The minimum Gasteiger partial charge on any atom is -0.504 e. The molecule has 0 aliphatic heterocycles. The number of nitrogen functional groups attached to an aromatic ring is 1. The van der Waals surface area contributed by atoms with Crippen LogP contribution in [0.5, 0.6) is 17.2 Å². The Morgan fingerprint density at radius 2 is 1.82 bits per heavy atom. The van der Waals surface area contributed by atoms with E-state index in [9.17, 15) is 9.90 Å². The Hall–Kier alpha value is -2.49. The molecule has 0 saturated heterocycles. The van der Waals surface area contributed by atoms with Crippen LogP contribution < -0.4 is 10.5 Å². The van der Waals surface area contributed by atoms with Gasteiger partial charge in [0.05, 0.1) is 0 Å². The number of nitrogens with two attached hydrogens (primary N) is 1. The minimum atomic E-state index is -0.0774. The molecule has 3 N–H and O–H groups in total. The Morgan fingerprint density at radius 3 is 2.41 bits per heavy atom. The van der Waals surface area contributed by atoms with Crippen molar-refractivity contribution in [2.75, 3.05) is 5.73 Å². The normalized spacial score (nSPS) is 9.88. The van der Waals surface area contributed by atoms with E-state index in [1.807, 2.05) is 0 Å². The summed E-state index contributed by atoms with van der Waals surface area (Å²) in [5.41, 5.74) is 6.58. The number of anilines is 1. The van der Waals surface area contributed by atoms with E-state index in [4.69, 9.17) is 10.5 Å². The maximum atomic E-state index is 10.5. The summed E-state index contributed by atoms with van der Waals surface area (Å²) in [6.07, 6.45) is 0.659. The van der Waals surface area contributed by atoms with E-state index in [0.717, 1.165) is 0 Å². The largest absolute Gasteiger partial charge is 0.504 e. The first-order valence-corrected chi connectivity index (χ1v) is 5.00. The average molecular weight is 229 g/mol. The number of aromatic hydroxyl groups is 1. The van der Waals surface area contributed by atoms with Gasteiger partial charge in [-0.2, -0.15) is 0 Å². The Labute approximate surface area is 98.3 Å². The molecule has 0 radical (unpaired) electrons. The van der Waals surface area contributed by atoms with Gasteiger partial charge in [0.1, 0.15) is 12.0 Å². The highest BCUT2D eigenvalue weighted by molar-refractivity contribution is 5.76. The molecule has 2 rings (SSSR count). The Kier molecular flexibility index (Phi) is 2.96. The Bertz CT molecular complexity index is 535. The van der Waals surface area contributed by atoms with Gasteiger partial charge in [0.2, 0.25) is 0 Å². The molecule has 86 valence electrons. The van der Waals surface area contributed by atoms with Crippen molar-refractivity contribution >= 4 is 12.0 Å². The summed E-state index contributed by atoms with van der Waals surface area (Å²) < 4.78 is 5.44. The lowest BCUT2D eigenvalue weighted by molar-refractivity contribution is 0.112. The molecule has 0 unspecified atom stereocenters. The molecule has 0 aliphatic rings. The molecule has 0 saturated carbocycles. The van der Waals surface area contributed by atoms with E-state index in [1.165, 1.54) is 12.1 Å². The second-order valence-electron chi connectivity index (χ2n) is 3.52. The number of aldehydes is 1. The highest BCUT2D eigenvalue weighted by Gasteiger charge is 2.04. The van der Waals surface area contributed by atoms with Crippen molar-refractivity contribution in [3.63, 3.8) is 0 Å². The fraction of sp³-hybridized carbons (Fsp3) is 0. The molecular formula is C13H11NO3. The van der Waals surface area contributed by atoms with Gasteiger partial charge in [-0.1, -0.05) is 0 Å². The van der Waals surface area contributed by atoms with Crippen molar-refractivity contribution in [1.29, 1.82) is 0 Å². The number of hydrogen-bond acceptors (Lipinski definition) is 4. The molecule has 0 fully saturated rings. The highest BCUT2D eigenvalue weighted by Crippen LogP contribution is 2.31. The van der Waals surface area contributed by atoms with E-state index in [-0.39, 0.29) is 5.75 Å². The zero-order valence-corrected chi connectivity index (χ0v) is 8.96. The highest BCUT2D eigenvalue weighted by atomic mass is 16.5. The fourth-order valence-corrected chi connectivity index (χ4v) is 1.36. The van der Waals surface area contributed by atoms with Crippen molar-refractivity contribution in [2.45, 2.75) is 0 Å². The molecule has 0 spiro atoms. The van der Waals surface area contributed by atoms with Crippen LogP contribution in [-0.2, 0) is 0 Å². The van der Waals surface area contributed by atoms with Gasteiger partial charge in [0.25, 0.3) is 0 Å². The monoisotopic (exact) mass is 229 g/mol. The van der Waals surface area contributed by atoms with Crippen LogP contribution in [0.4, 0.5) is 5.69 Å². The molecule has 2 aromatic carbocycles. The summed E-state index contributed by atoms with van der Waals surface area (Å²) in [5, 5.41) is 9.63. The third-order valence-electron chi connectivity index (χ3n) is 2.23. The zero-order chi connectivity index (χ0) is 12.3. The smallest absolute Gasteiger partial charge is 0.169 e. The van der Waals surface area contributed by atoms with Gasteiger partial charge in [0.15, 0.2) is 11.5 Å². The number of benzene rings is 2. The molecular weight excluding hydrogens is 218 g/mol. The molecule has 0 bridgehead atoms. The maximum Gasteiger partial charge on any atom is 0.169 e. The van der Waals surface area contributed by atoms with Crippen LogP contribution in [0.2, 0.25) is 0 Å². The first kappa shape index (κ1) is 11.0. The van der Waals surface area contributed by atoms with Crippen LogP contribution in [0.1, 0.15) is 10.4 Å². The van der Waals surface area contributed by atoms with Crippen molar-refractivity contribution in [3.8, 4) is 17.2 Å². The van der Waals surface area contributed by atoms with Crippen molar-refractivity contribution < 1.29 is 14.6 Å². The topological polar surface area (TPSA) is 72.5 Å². The van der Waals surface area contributed by atoms with Crippen molar-refractivity contribution in [2.24, 2.45) is 0 Å². The number of phenols is 1. The van der Waals surface area contributed by atoms with Crippen LogP contribution in [0.25, 0.3) is 0 Å². The Morgan fingerprint density at radius 1 is 1.12 bits per heavy atom. The van der Waals surface area contributed by atoms with E-state index < -0.39 is 0 Å². The molecule has 0 aromatic heterocycles. The lowest BCUT2D eigenvalue weighted by Crippen LogP contribution is -1.88. The van der Waals surface area contributed by atoms with Crippen molar-refractivity contribution in [1.82, 2.24) is 0 Å². The summed E-state index contributed by atoms with van der Waals surface area (Å²) in [6, 6.07) is 11.2. The molecule has 17 heavy (non-hydrogen) atoms. The van der Waals surface area contributed by atoms with Gasteiger partial charge in [-0.25, -0.2) is 0 Å². The number of hydrogen-bond donors (Lipinski definition) is 2. The van der Waals surface area contributed by atoms with Crippen LogP contribution in [0, 0.1) is 0 Å². The predicted molar refractivity (Wildman–Crippen MR) is 64.4 cm³/mol. The summed E-state index contributed by atoms with van der Waals surface area (Å²) in [6.45, 7) is 0. The number of ether oxygens (including phenoxy) is 1. The first-order valence-electron chi connectivity index (χ1n) is 5.00. The van der Waals surface area contributed by atoms with Crippen LogP contribution in [0.15, 0.2) is 42.5 Å². The minimum absolute atomic E-state index is 0.0774. The lowest BCUT2D eigenvalue weighted by Gasteiger charge is -2.07. The van der Waals surface area contributed by atoms with Gasteiger partial charge in [-0.15, -0.1) is 0 Å².